The molecule has 0 fully saturated rings. The smallest absolute Gasteiger partial charge is 0.123 e. The van der Waals surface area contributed by atoms with Crippen LogP contribution in [-0.4, -0.2) is 11.7 Å². The van der Waals surface area contributed by atoms with Crippen molar-refractivity contribution in [3.63, 3.8) is 0 Å². The van der Waals surface area contributed by atoms with Gasteiger partial charge in [-0.1, -0.05) is 18.2 Å². The molecule has 2 nitrogen and oxygen atoms in total. The number of thiophene rings is 1. The lowest BCUT2D eigenvalue weighted by molar-refractivity contribution is 0.133. The number of aliphatic hydroxyl groups excluding tert-OH is 1. The summed E-state index contributed by atoms with van der Waals surface area (Å²) >= 11 is 4.99. The Labute approximate surface area is 112 Å². The van der Waals surface area contributed by atoms with E-state index in [2.05, 4.69) is 15.9 Å². The van der Waals surface area contributed by atoms with Gasteiger partial charge < -0.3 is 9.84 Å². The molecule has 0 saturated heterocycles. The van der Waals surface area contributed by atoms with E-state index in [0.29, 0.717) is 6.61 Å². The van der Waals surface area contributed by atoms with E-state index in [-0.39, 0.29) is 5.92 Å². The first kappa shape index (κ1) is 11.3. The average molecular weight is 311 g/mol. The summed E-state index contributed by atoms with van der Waals surface area (Å²) in [5, 5.41) is 10.4. The number of para-hydroxylation sites is 1. The topological polar surface area (TPSA) is 29.5 Å². The Morgan fingerprint density at radius 3 is 2.88 bits per heavy atom. The van der Waals surface area contributed by atoms with E-state index in [4.69, 9.17) is 4.74 Å². The minimum absolute atomic E-state index is 0.0387. The fourth-order valence-corrected chi connectivity index (χ4v) is 3.61. The number of halogens is 1. The zero-order valence-corrected chi connectivity index (χ0v) is 11.4. The number of hydrogen-bond acceptors (Lipinski definition) is 3. The van der Waals surface area contributed by atoms with Gasteiger partial charge in [-0.05, 0) is 34.1 Å². The molecule has 0 radical (unpaired) electrons. The quantitative estimate of drug-likeness (QED) is 0.916. The number of aliphatic hydroxyl groups is 1. The van der Waals surface area contributed by atoms with Crippen molar-refractivity contribution in [3.8, 4) is 5.75 Å². The van der Waals surface area contributed by atoms with Crippen LogP contribution in [0.25, 0.3) is 0 Å². The van der Waals surface area contributed by atoms with Gasteiger partial charge in [0.25, 0.3) is 0 Å². The summed E-state index contributed by atoms with van der Waals surface area (Å²) in [6, 6.07) is 11.8. The molecule has 88 valence electrons. The van der Waals surface area contributed by atoms with Gasteiger partial charge in [0.05, 0.1) is 22.4 Å². The molecule has 17 heavy (non-hydrogen) atoms. The summed E-state index contributed by atoms with van der Waals surface area (Å²) in [4.78, 5) is 0.974. The second-order valence-corrected chi connectivity index (χ2v) is 6.54. The lowest BCUT2D eigenvalue weighted by Crippen LogP contribution is -2.11. The fourth-order valence-electron chi connectivity index (χ4n) is 2.13. The van der Waals surface area contributed by atoms with Crippen LogP contribution < -0.4 is 4.74 Å². The van der Waals surface area contributed by atoms with E-state index >= 15 is 0 Å². The normalized spacial score (nSPS) is 19.8. The predicted molar refractivity (Wildman–Crippen MR) is 71.7 cm³/mol. The highest BCUT2D eigenvalue weighted by Crippen LogP contribution is 2.43. The molecule has 1 aromatic heterocycles. The molecular weight excluding hydrogens is 300 g/mol. The van der Waals surface area contributed by atoms with Gasteiger partial charge in [0, 0.05) is 10.4 Å². The van der Waals surface area contributed by atoms with Gasteiger partial charge in [0.15, 0.2) is 0 Å². The van der Waals surface area contributed by atoms with Crippen molar-refractivity contribution in [1.82, 2.24) is 0 Å². The molecule has 2 atom stereocenters. The van der Waals surface area contributed by atoms with Crippen LogP contribution in [-0.2, 0) is 0 Å². The van der Waals surface area contributed by atoms with Crippen molar-refractivity contribution in [2.45, 2.75) is 12.0 Å². The number of benzene rings is 1. The van der Waals surface area contributed by atoms with Crippen LogP contribution in [0.15, 0.2) is 40.2 Å². The summed E-state index contributed by atoms with van der Waals surface area (Å²) in [7, 11) is 0. The molecule has 2 heterocycles. The zero-order chi connectivity index (χ0) is 11.8. The van der Waals surface area contributed by atoms with E-state index in [9.17, 15) is 5.11 Å². The maximum Gasteiger partial charge on any atom is 0.123 e. The highest BCUT2D eigenvalue weighted by molar-refractivity contribution is 9.11. The van der Waals surface area contributed by atoms with Crippen molar-refractivity contribution in [2.75, 3.05) is 6.61 Å². The first-order valence-electron chi connectivity index (χ1n) is 5.41. The van der Waals surface area contributed by atoms with Crippen molar-refractivity contribution >= 4 is 27.3 Å². The van der Waals surface area contributed by atoms with Crippen molar-refractivity contribution in [3.05, 3.63) is 50.6 Å². The molecule has 1 aliphatic rings. The van der Waals surface area contributed by atoms with E-state index in [1.54, 1.807) is 11.3 Å². The molecule has 4 heteroatoms. The molecule has 0 bridgehead atoms. The minimum Gasteiger partial charge on any atom is -0.493 e. The summed E-state index contributed by atoms with van der Waals surface area (Å²) in [5.74, 6) is 0.934. The predicted octanol–water partition coefficient (Wildman–Crippen LogP) is 3.72. The zero-order valence-electron chi connectivity index (χ0n) is 8.97. The largest absolute Gasteiger partial charge is 0.493 e. The molecule has 3 rings (SSSR count). The van der Waals surface area contributed by atoms with Gasteiger partial charge in [0.2, 0.25) is 0 Å². The second-order valence-electron chi connectivity index (χ2n) is 4.04. The summed E-state index contributed by atoms with van der Waals surface area (Å²) < 4.78 is 6.63. The lowest BCUT2D eigenvalue weighted by Gasteiger charge is -2.15. The van der Waals surface area contributed by atoms with Crippen LogP contribution in [0.1, 0.15) is 22.5 Å². The molecule has 2 aromatic rings. The average Bonchev–Trinajstić information content (AvgIpc) is 2.94. The molecule has 1 N–H and O–H groups in total. The van der Waals surface area contributed by atoms with Crippen LogP contribution in [0.3, 0.4) is 0 Å². The Kier molecular flexibility index (Phi) is 2.94. The van der Waals surface area contributed by atoms with E-state index in [0.717, 1.165) is 20.0 Å². The Bertz CT molecular complexity index is 538. The molecule has 0 aliphatic carbocycles. The van der Waals surface area contributed by atoms with Gasteiger partial charge in [-0.15, -0.1) is 11.3 Å². The lowest BCUT2D eigenvalue weighted by atomic mass is 9.94. The second kappa shape index (κ2) is 4.44. The van der Waals surface area contributed by atoms with E-state index in [1.807, 2.05) is 36.4 Å². The number of fused-ring (bicyclic) bond motifs is 1. The van der Waals surface area contributed by atoms with Crippen LogP contribution in [0, 0.1) is 0 Å². The highest BCUT2D eigenvalue weighted by atomic mass is 79.9. The number of ether oxygens (including phenoxy) is 1. The van der Waals surface area contributed by atoms with Crippen LogP contribution in [0.4, 0.5) is 0 Å². The van der Waals surface area contributed by atoms with Crippen molar-refractivity contribution in [1.29, 1.82) is 0 Å². The molecule has 2 unspecified atom stereocenters. The minimum atomic E-state index is -0.491. The maximum atomic E-state index is 10.4. The maximum absolute atomic E-state index is 10.4. The molecule has 0 amide bonds. The first-order chi connectivity index (χ1) is 8.25. The van der Waals surface area contributed by atoms with Crippen LogP contribution in [0.5, 0.6) is 5.75 Å². The molecule has 1 aromatic carbocycles. The van der Waals surface area contributed by atoms with Gasteiger partial charge in [-0.3, -0.25) is 0 Å². The van der Waals surface area contributed by atoms with Gasteiger partial charge >= 0.3 is 0 Å². The van der Waals surface area contributed by atoms with Gasteiger partial charge in [0.1, 0.15) is 5.75 Å². The first-order valence-corrected chi connectivity index (χ1v) is 7.01. The van der Waals surface area contributed by atoms with Crippen LogP contribution in [0.2, 0.25) is 0 Å². The summed E-state index contributed by atoms with van der Waals surface area (Å²) in [6.07, 6.45) is -0.491. The summed E-state index contributed by atoms with van der Waals surface area (Å²) in [5.41, 5.74) is 1.10. The number of rotatable bonds is 2. The Morgan fingerprint density at radius 1 is 1.29 bits per heavy atom. The molecule has 1 aliphatic heterocycles. The summed E-state index contributed by atoms with van der Waals surface area (Å²) in [6.45, 7) is 0.552. The third-order valence-electron chi connectivity index (χ3n) is 3.00. The highest BCUT2D eigenvalue weighted by Gasteiger charge is 2.31. The third kappa shape index (κ3) is 2.01. The van der Waals surface area contributed by atoms with Crippen LogP contribution >= 0.6 is 27.3 Å². The molecular formula is C13H11BrO2S. The van der Waals surface area contributed by atoms with Crippen molar-refractivity contribution < 1.29 is 9.84 Å². The SMILES string of the molecule is OC(c1ccc(Br)s1)C1COc2ccccc21. The van der Waals surface area contributed by atoms with E-state index < -0.39 is 6.10 Å². The monoisotopic (exact) mass is 310 g/mol. The molecule has 0 spiro atoms. The van der Waals surface area contributed by atoms with Gasteiger partial charge in [-0.25, -0.2) is 0 Å². The van der Waals surface area contributed by atoms with Gasteiger partial charge in [-0.2, -0.15) is 0 Å². The Hall–Kier alpha value is -0.840. The standard InChI is InChI=1S/C13H11BrO2S/c14-12-6-5-11(17-12)13(15)9-7-16-10-4-2-1-3-8(9)10/h1-6,9,13,15H,7H2. The fraction of sp³-hybridized carbons (Fsp3) is 0.231. The van der Waals surface area contributed by atoms with Crippen molar-refractivity contribution in [2.24, 2.45) is 0 Å². The number of hydrogen-bond donors (Lipinski definition) is 1. The third-order valence-corrected chi connectivity index (χ3v) is 4.70. The van der Waals surface area contributed by atoms with E-state index in [1.165, 1.54) is 0 Å². The molecule has 0 saturated carbocycles. The Balaban J connectivity index is 1.92. The Morgan fingerprint density at radius 2 is 2.12 bits per heavy atom.